The van der Waals surface area contributed by atoms with Gasteiger partial charge in [0.15, 0.2) is 11.4 Å². The molecule has 1 aliphatic carbocycles. The third kappa shape index (κ3) is 5.42. The summed E-state index contributed by atoms with van der Waals surface area (Å²) in [4.78, 5) is 27.2. The molecular formula is C29H34N2O5S. The molecule has 4 rings (SSSR count). The number of rotatable bonds is 10. The highest BCUT2D eigenvalue weighted by molar-refractivity contribution is 7.92. The van der Waals surface area contributed by atoms with Crippen LogP contribution in [0.1, 0.15) is 82.3 Å². The maximum atomic E-state index is 13.9. The topological polar surface area (TPSA) is 113 Å². The number of sulfonamides is 1. The summed E-state index contributed by atoms with van der Waals surface area (Å²) < 4.78 is 34.5. The molecule has 2 unspecified atom stereocenters. The zero-order valence-electron chi connectivity index (χ0n) is 21.4. The highest BCUT2D eigenvalue weighted by Gasteiger charge is 2.57. The van der Waals surface area contributed by atoms with E-state index < -0.39 is 27.5 Å². The summed E-state index contributed by atoms with van der Waals surface area (Å²) in [5.41, 5.74) is 0.440. The molecule has 1 saturated heterocycles. The molecule has 7 nitrogen and oxygen atoms in total. The summed E-state index contributed by atoms with van der Waals surface area (Å²) in [7, 11) is -3.89. The number of nitriles is 1. The summed E-state index contributed by atoms with van der Waals surface area (Å²) in [5, 5.41) is 8.99. The predicted molar refractivity (Wildman–Crippen MR) is 140 cm³/mol. The van der Waals surface area contributed by atoms with Crippen LogP contribution in [0.2, 0.25) is 0 Å². The summed E-state index contributed by atoms with van der Waals surface area (Å²) in [6.07, 6.45) is 6.43. The Balaban J connectivity index is 1.68. The van der Waals surface area contributed by atoms with Crippen LogP contribution in [-0.2, 0) is 24.3 Å². The molecule has 1 saturated carbocycles. The Morgan fingerprint density at radius 1 is 1.05 bits per heavy atom. The molecule has 8 heteroatoms. The van der Waals surface area contributed by atoms with E-state index in [-0.39, 0.29) is 22.5 Å². The lowest BCUT2D eigenvalue weighted by atomic mass is 9.71. The number of anilines is 1. The number of cyclic esters (lactones) is 1. The smallest absolute Gasteiger partial charge is 0.318 e. The Morgan fingerprint density at radius 3 is 2.30 bits per heavy atom. The first-order chi connectivity index (χ1) is 17.7. The largest absolute Gasteiger partial charge is 0.450 e. The van der Waals surface area contributed by atoms with E-state index in [1.807, 2.05) is 26.0 Å². The molecule has 2 aliphatic rings. The molecule has 37 heavy (non-hydrogen) atoms. The minimum atomic E-state index is -3.89. The fourth-order valence-electron chi connectivity index (χ4n) is 6.07. The fraction of sp³-hybridized carbons (Fsp3) is 0.483. The SMILES string of the molecule is CCCC1(CCC)OC(=O)C(C(c2cccc(NS(=O)(=O)c3ccc(C#N)cc3)c2)C2CCCC2)C1=O. The Morgan fingerprint density at radius 2 is 1.70 bits per heavy atom. The van der Waals surface area contributed by atoms with Gasteiger partial charge in [0.1, 0.15) is 5.92 Å². The van der Waals surface area contributed by atoms with E-state index in [1.54, 1.807) is 18.2 Å². The van der Waals surface area contributed by atoms with Crippen LogP contribution < -0.4 is 4.72 Å². The average molecular weight is 523 g/mol. The Bertz CT molecular complexity index is 1280. The normalized spacial score (nSPS) is 20.4. The Hall–Kier alpha value is -3.18. The number of hydrogen-bond acceptors (Lipinski definition) is 6. The first-order valence-corrected chi connectivity index (χ1v) is 14.6. The number of nitrogens with one attached hydrogen (secondary N) is 1. The van der Waals surface area contributed by atoms with Gasteiger partial charge in [-0.1, -0.05) is 51.7 Å². The molecule has 196 valence electrons. The molecular weight excluding hydrogens is 488 g/mol. The second-order valence-electron chi connectivity index (χ2n) is 10.2. The van der Waals surface area contributed by atoms with Gasteiger partial charge < -0.3 is 4.74 Å². The molecule has 2 aromatic rings. The van der Waals surface area contributed by atoms with Crippen molar-refractivity contribution in [2.45, 2.75) is 81.6 Å². The molecule has 2 fully saturated rings. The molecule has 1 N–H and O–H groups in total. The number of ether oxygens (including phenoxy) is 1. The van der Waals surface area contributed by atoms with Crippen LogP contribution in [0.5, 0.6) is 0 Å². The van der Waals surface area contributed by atoms with Crippen molar-refractivity contribution in [3.05, 3.63) is 59.7 Å². The number of carbonyl (C=O) groups excluding carboxylic acids is 2. The summed E-state index contributed by atoms with van der Waals surface area (Å²) in [6, 6.07) is 14.7. The van der Waals surface area contributed by atoms with Gasteiger partial charge in [0.25, 0.3) is 10.0 Å². The lowest BCUT2D eigenvalue weighted by Gasteiger charge is -2.29. The minimum Gasteiger partial charge on any atom is -0.450 e. The van der Waals surface area contributed by atoms with Gasteiger partial charge in [-0.3, -0.25) is 14.3 Å². The van der Waals surface area contributed by atoms with Gasteiger partial charge in [-0.2, -0.15) is 5.26 Å². The first-order valence-electron chi connectivity index (χ1n) is 13.1. The third-order valence-electron chi connectivity index (χ3n) is 7.67. The number of Topliss-reactive ketones (excluding diaryl/α,β-unsaturated/α-hetero) is 1. The monoisotopic (exact) mass is 522 g/mol. The molecule has 0 bridgehead atoms. The van der Waals surface area contributed by atoms with Crippen molar-refractivity contribution < 1.29 is 22.7 Å². The molecule has 2 atom stereocenters. The van der Waals surface area contributed by atoms with Crippen LogP contribution in [-0.4, -0.2) is 25.8 Å². The minimum absolute atomic E-state index is 0.0442. The van der Waals surface area contributed by atoms with Crippen molar-refractivity contribution >= 4 is 27.5 Å². The van der Waals surface area contributed by atoms with E-state index >= 15 is 0 Å². The number of carbonyl (C=O) groups is 2. The van der Waals surface area contributed by atoms with E-state index in [9.17, 15) is 18.0 Å². The van der Waals surface area contributed by atoms with Gasteiger partial charge >= 0.3 is 5.97 Å². The van der Waals surface area contributed by atoms with Gasteiger partial charge in [-0.05, 0) is 73.6 Å². The molecule has 0 spiro atoms. The highest BCUT2D eigenvalue weighted by Crippen LogP contribution is 2.48. The zero-order chi connectivity index (χ0) is 26.6. The van der Waals surface area contributed by atoms with Crippen LogP contribution in [0, 0.1) is 23.2 Å². The number of benzene rings is 2. The van der Waals surface area contributed by atoms with E-state index in [1.165, 1.54) is 24.3 Å². The summed E-state index contributed by atoms with van der Waals surface area (Å²) in [5.74, 6) is -1.68. The van der Waals surface area contributed by atoms with Crippen molar-refractivity contribution in [3.63, 3.8) is 0 Å². The van der Waals surface area contributed by atoms with Crippen molar-refractivity contribution in [2.24, 2.45) is 11.8 Å². The lowest BCUT2D eigenvalue weighted by Crippen LogP contribution is -2.39. The fourth-order valence-corrected chi connectivity index (χ4v) is 7.12. The van der Waals surface area contributed by atoms with Crippen molar-refractivity contribution in [2.75, 3.05) is 4.72 Å². The standard InChI is InChI=1S/C29H34N2O5S/c1-3-16-29(17-4-2)27(32)26(28(33)36-29)25(21-8-5-6-9-21)22-10-7-11-23(18-22)31-37(34,35)24-14-12-20(19-30)13-15-24/h7,10-15,18,21,25-26,31H,3-6,8-9,16-17H2,1-2H3. The zero-order valence-corrected chi connectivity index (χ0v) is 22.2. The number of nitrogens with zero attached hydrogens (tertiary/aromatic N) is 1. The van der Waals surface area contributed by atoms with Gasteiger partial charge in [0.05, 0.1) is 16.5 Å². The second-order valence-corrected chi connectivity index (χ2v) is 11.9. The quantitative estimate of drug-likeness (QED) is 0.316. The van der Waals surface area contributed by atoms with Crippen LogP contribution in [0.4, 0.5) is 5.69 Å². The van der Waals surface area contributed by atoms with E-state index in [0.717, 1.165) is 44.1 Å². The third-order valence-corrected chi connectivity index (χ3v) is 9.07. The number of hydrogen-bond donors (Lipinski definition) is 1. The second kappa shape index (κ2) is 11.1. The van der Waals surface area contributed by atoms with Crippen LogP contribution in [0.3, 0.4) is 0 Å². The Labute approximate surface area is 219 Å². The van der Waals surface area contributed by atoms with Gasteiger partial charge in [-0.15, -0.1) is 0 Å². The maximum absolute atomic E-state index is 13.9. The summed E-state index contributed by atoms with van der Waals surface area (Å²) >= 11 is 0. The predicted octanol–water partition coefficient (Wildman–Crippen LogP) is 5.71. The van der Waals surface area contributed by atoms with E-state index in [2.05, 4.69) is 4.72 Å². The van der Waals surface area contributed by atoms with Crippen LogP contribution in [0.25, 0.3) is 0 Å². The van der Waals surface area contributed by atoms with Crippen molar-refractivity contribution in [1.29, 1.82) is 5.26 Å². The van der Waals surface area contributed by atoms with Crippen molar-refractivity contribution in [1.82, 2.24) is 0 Å². The van der Waals surface area contributed by atoms with E-state index in [4.69, 9.17) is 10.00 Å². The van der Waals surface area contributed by atoms with Crippen molar-refractivity contribution in [3.8, 4) is 6.07 Å². The molecule has 1 aliphatic heterocycles. The first kappa shape index (κ1) is 26.9. The molecule has 0 radical (unpaired) electrons. The summed E-state index contributed by atoms with van der Waals surface area (Å²) in [6.45, 7) is 3.98. The number of ketones is 1. The average Bonchev–Trinajstić information content (AvgIpc) is 3.48. The van der Waals surface area contributed by atoms with Gasteiger partial charge in [0.2, 0.25) is 0 Å². The Kier molecular flexibility index (Phi) is 8.03. The van der Waals surface area contributed by atoms with Crippen LogP contribution >= 0.6 is 0 Å². The number of esters is 1. The maximum Gasteiger partial charge on any atom is 0.318 e. The molecule has 0 aromatic heterocycles. The highest BCUT2D eigenvalue weighted by atomic mass is 32.2. The van der Waals surface area contributed by atoms with Gasteiger partial charge in [-0.25, -0.2) is 8.42 Å². The molecule has 2 aromatic carbocycles. The van der Waals surface area contributed by atoms with E-state index in [0.29, 0.717) is 24.1 Å². The van der Waals surface area contributed by atoms with Crippen LogP contribution in [0.15, 0.2) is 53.4 Å². The molecule has 0 amide bonds. The molecule has 1 heterocycles. The lowest BCUT2D eigenvalue weighted by molar-refractivity contribution is -0.154. The van der Waals surface area contributed by atoms with Gasteiger partial charge in [0, 0.05) is 11.6 Å².